The maximum atomic E-state index is 14.0. The van der Waals surface area contributed by atoms with Crippen LogP contribution in [0.4, 0.5) is 4.39 Å². The molecule has 0 fully saturated rings. The standard InChI is InChI=1S/C25H17FN6/c1-14-10-17(12-18(26)11-14)22-24-21(6-9-28-22)29-25(30-24)23-19-13-16(2-3-20(19)31-32-23)15-4-7-27-8-5-15/h2-13H,1H3,(H,29,30)(H,31,32). The van der Waals surface area contributed by atoms with E-state index in [2.05, 4.69) is 31.2 Å². The van der Waals surface area contributed by atoms with Crippen molar-refractivity contribution in [2.45, 2.75) is 6.92 Å². The Morgan fingerprint density at radius 3 is 2.50 bits per heavy atom. The molecule has 6 rings (SSSR count). The molecule has 7 heteroatoms. The number of hydrogen-bond acceptors (Lipinski definition) is 4. The maximum Gasteiger partial charge on any atom is 0.159 e. The van der Waals surface area contributed by atoms with Gasteiger partial charge < -0.3 is 4.98 Å². The van der Waals surface area contributed by atoms with Crippen LogP contribution in [0, 0.1) is 12.7 Å². The summed E-state index contributed by atoms with van der Waals surface area (Å²) in [6.45, 7) is 1.86. The Balaban J connectivity index is 1.52. The molecule has 0 amide bonds. The first-order chi connectivity index (χ1) is 15.7. The Kier molecular flexibility index (Phi) is 4.07. The van der Waals surface area contributed by atoms with Gasteiger partial charge in [0.05, 0.1) is 16.7 Å². The number of benzene rings is 2. The number of pyridine rings is 2. The van der Waals surface area contributed by atoms with Gasteiger partial charge in [-0.1, -0.05) is 6.07 Å². The lowest BCUT2D eigenvalue weighted by Gasteiger charge is -2.03. The normalized spacial score (nSPS) is 11.4. The highest BCUT2D eigenvalue weighted by molar-refractivity contribution is 5.97. The molecule has 0 spiro atoms. The molecule has 4 heterocycles. The summed E-state index contributed by atoms with van der Waals surface area (Å²) in [5, 5.41) is 8.55. The van der Waals surface area contributed by atoms with E-state index in [1.165, 1.54) is 12.1 Å². The van der Waals surface area contributed by atoms with Gasteiger partial charge in [0.2, 0.25) is 0 Å². The molecular weight excluding hydrogens is 403 g/mol. The first-order valence-corrected chi connectivity index (χ1v) is 10.2. The molecule has 0 aliphatic rings. The minimum Gasteiger partial charge on any atom is -0.336 e. The van der Waals surface area contributed by atoms with E-state index in [-0.39, 0.29) is 5.82 Å². The van der Waals surface area contributed by atoms with E-state index in [1.807, 2.05) is 43.3 Å². The molecule has 0 radical (unpaired) electrons. The molecule has 0 aliphatic heterocycles. The van der Waals surface area contributed by atoms with E-state index in [4.69, 9.17) is 4.98 Å². The summed E-state index contributed by atoms with van der Waals surface area (Å²) in [5.41, 5.74) is 7.41. The third-order valence-electron chi connectivity index (χ3n) is 5.52. The van der Waals surface area contributed by atoms with Crippen molar-refractivity contribution in [3.63, 3.8) is 0 Å². The van der Waals surface area contributed by atoms with Crippen molar-refractivity contribution in [3.05, 3.63) is 84.6 Å². The zero-order valence-electron chi connectivity index (χ0n) is 17.1. The number of halogens is 1. The summed E-state index contributed by atoms with van der Waals surface area (Å²) in [5.74, 6) is 0.331. The van der Waals surface area contributed by atoms with Crippen molar-refractivity contribution in [3.8, 4) is 33.9 Å². The van der Waals surface area contributed by atoms with Crippen LogP contribution in [0.25, 0.3) is 55.8 Å². The number of H-pyrrole nitrogens is 2. The molecule has 2 N–H and O–H groups in total. The monoisotopic (exact) mass is 420 g/mol. The summed E-state index contributed by atoms with van der Waals surface area (Å²) in [6.07, 6.45) is 5.25. The predicted molar refractivity (Wildman–Crippen MR) is 122 cm³/mol. The van der Waals surface area contributed by atoms with Gasteiger partial charge in [-0.3, -0.25) is 15.1 Å². The number of nitrogens with one attached hydrogen (secondary N) is 2. The van der Waals surface area contributed by atoms with E-state index in [0.29, 0.717) is 28.3 Å². The highest BCUT2D eigenvalue weighted by Gasteiger charge is 2.17. The molecule has 0 saturated carbocycles. The van der Waals surface area contributed by atoms with Gasteiger partial charge in [0.25, 0.3) is 0 Å². The summed E-state index contributed by atoms with van der Waals surface area (Å²) >= 11 is 0. The van der Waals surface area contributed by atoms with Gasteiger partial charge >= 0.3 is 0 Å². The zero-order chi connectivity index (χ0) is 21.7. The summed E-state index contributed by atoms with van der Waals surface area (Å²) in [6, 6.07) is 16.8. The Hall–Kier alpha value is -4.39. The summed E-state index contributed by atoms with van der Waals surface area (Å²) in [4.78, 5) is 16.7. The van der Waals surface area contributed by atoms with Crippen LogP contribution in [0.5, 0.6) is 0 Å². The van der Waals surface area contributed by atoms with E-state index in [1.54, 1.807) is 18.6 Å². The minimum absolute atomic E-state index is 0.295. The summed E-state index contributed by atoms with van der Waals surface area (Å²) in [7, 11) is 0. The van der Waals surface area contributed by atoms with Gasteiger partial charge in [0, 0.05) is 29.5 Å². The second-order valence-corrected chi connectivity index (χ2v) is 7.73. The fourth-order valence-corrected chi connectivity index (χ4v) is 4.05. The Morgan fingerprint density at radius 1 is 0.781 bits per heavy atom. The molecule has 0 saturated heterocycles. The lowest BCUT2D eigenvalue weighted by molar-refractivity contribution is 0.627. The molecule has 4 aromatic heterocycles. The highest BCUT2D eigenvalue weighted by atomic mass is 19.1. The van der Waals surface area contributed by atoms with Gasteiger partial charge in [-0.2, -0.15) is 5.10 Å². The molecule has 32 heavy (non-hydrogen) atoms. The molecule has 0 atom stereocenters. The van der Waals surface area contributed by atoms with E-state index < -0.39 is 0 Å². The molecule has 0 unspecified atom stereocenters. The van der Waals surface area contributed by atoms with Crippen molar-refractivity contribution >= 4 is 21.9 Å². The van der Waals surface area contributed by atoms with Crippen molar-refractivity contribution < 1.29 is 4.39 Å². The van der Waals surface area contributed by atoms with Gasteiger partial charge in [0.15, 0.2) is 5.82 Å². The predicted octanol–water partition coefficient (Wildman–Crippen LogP) is 5.68. The lowest BCUT2D eigenvalue weighted by Crippen LogP contribution is -1.88. The number of hydrogen-bond donors (Lipinski definition) is 2. The number of imidazole rings is 1. The van der Waals surface area contributed by atoms with Crippen molar-refractivity contribution in [2.75, 3.05) is 0 Å². The maximum absolute atomic E-state index is 14.0. The SMILES string of the molecule is Cc1cc(F)cc(-c2nccc3[nH]c(-c4n[nH]c5ccc(-c6ccncc6)cc45)nc23)c1. The highest BCUT2D eigenvalue weighted by Crippen LogP contribution is 2.32. The largest absolute Gasteiger partial charge is 0.336 e. The molecule has 2 aromatic carbocycles. The fourth-order valence-electron chi connectivity index (χ4n) is 4.05. The van der Waals surface area contributed by atoms with Crippen LogP contribution in [0.2, 0.25) is 0 Å². The lowest BCUT2D eigenvalue weighted by atomic mass is 10.0. The van der Waals surface area contributed by atoms with E-state index in [0.717, 1.165) is 33.1 Å². The van der Waals surface area contributed by atoms with Crippen molar-refractivity contribution in [1.82, 2.24) is 30.1 Å². The first-order valence-electron chi connectivity index (χ1n) is 10.2. The molecule has 6 nitrogen and oxygen atoms in total. The number of aromatic amines is 2. The van der Waals surface area contributed by atoms with Gasteiger partial charge in [0.1, 0.15) is 17.0 Å². The quantitative estimate of drug-likeness (QED) is 0.386. The fraction of sp³-hybridized carbons (Fsp3) is 0.0400. The second-order valence-electron chi connectivity index (χ2n) is 7.73. The van der Waals surface area contributed by atoms with Crippen LogP contribution in [-0.4, -0.2) is 30.1 Å². The third-order valence-corrected chi connectivity index (χ3v) is 5.52. The molecular formula is C25H17FN6. The minimum atomic E-state index is -0.295. The second kappa shape index (κ2) is 7.09. The first kappa shape index (κ1) is 18.4. The third kappa shape index (κ3) is 3.02. The van der Waals surface area contributed by atoms with Crippen LogP contribution in [0.1, 0.15) is 5.56 Å². The Morgan fingerprint density at radius 2 is 1.66 bits per heavy atom. The van der Waals surface area contributed by atoms with Gasteiger partial charge in [-0.05, 0) is 72.1 Å². The van der Waals surface area contributed by atoms with Gasteiger partial charge in [-0.25, -0.2) is 9.37 Å². The van der Waals surface area contributed by atoms with Gasteiger partial charge in [-0.15, -0.1) is 0 Å². The van der Waals surface area contributed by atoms with Crippen LogP contribution in [-0.2, 0) is 0 Å². The molecule has 0 bridgehead atoms. The van der Waals surface area contributed by atoms with Crippen LogP contribution >= 0.6 is 0 Å². The summed E-state index contributed by atoms with van der Waals surface area (Å²) < 4.78 is 14.0. The average Bonchev–Trinajstić information content (AvgIpc) is 3.42. The van der Waals surface area contributed by atoms with E-state index >= 15 is 0 Å². The molecule has 0 aliphatic carbocycles. The van der Waals surface area contributed by atoms with Crippen molar-refractivity contribution in [1.29, 1.82) is 0 Å². The Labute approximate surface area is 182 Å². The van der Waals surface area contributed by atoms with Crippen LogP contribution in [0.3, 0.4) is 0 Å². The van der Waals surface area contributed by atoms with E-state index in [9.17, 15) is 4.39 Å². The van der Waals surface area contributed by atoms with Crippen LogP contribution in [0.15, 0.2) is 73.2 Å². The average molecular weight is 420 g/mol. The zero-order valence-corrected chi connectivity index (χ0v) is 17.1. The number of nitrogens with zero attached hydrogens (tertiary/aromatic N) is 4. The Bertz CT molecular complexity index is 1580. The molecule has 6 aromatic rings. The molecule has 154 valence electrons. The topological polar surface area (TPSA) is 83.1 Å². The number of aromatic nitrogens is 6. The number of aryl methyl sites for hydroxylation is 1. The number of rotatable bonds is 3. The smallest absolute Gasteiger partial charge is 0.159 e. The van der Waals surface area contributed by atoms with Crippen molar-refractivity contribution in [2.24, 2.45) is 0 Å². The number of fused-ring (bicyclic) bond motifs is 2. The van der Waals surface area contributed by atoms with Crippen LogP contribution < -0.4 is 0 Å².